The highest BCUT2D eigenvalue weighted by atomic mass is 16.5. The molecule has 11 nitrogen and oxygen atoms in total. The van der Waals surface area contributed by atoms with E-state index in [9.17, 15) is 19.2 Å². The predicted octanol–water partition coefficient (Wildman–Crippen LogP) is 0.526. The number of nitrogens with one attached hydrogen (secondary N) is 3. The van der Waals surface area contributed by atoms with E-state index in [-0.39, 0.29) is 43.4 Å². The summed E-state index contributed by atoms with van der Waals surface area (Å²) in [5.74, 6) is -0.672. The maximum absolute atomic E-state index is 13.6. The minimum Gasteiger partial charge on any atom is -0.497 e. The molecule has 3 N–H and O–H groups in total. The van der Waals surface area contributed by atoms with Gasteiger partial charge in [-0.3, -0.25) is 9.59 Å². The van der Waals surface area contributed by atoms with Crippen molar-refractivity contribution in [3.8, 4) is 5.75 Å². The molecule has 1 aromatic carbocycles. The molecule has 0 saturated carbocycles. The predicted molar refractivity (Wildman–Crippen MR) is 137 cm³/mol. The van der Waals surface area contributed by atoms with Crippen LogP contribution in [0.5, 0.6) is 5.75 Å². The quantitative estimate of drug-likeness (QED) is 0.429. The van der Waals surface area contributed by atoms with Crippen LogP contribution in [0, 0.1) is 5.92 Å². The van der Waals surface area contributed by atoms with Crippen LogP contribution in [0.2, 0.25) is 0 Å². The number of carbonyl (C=O) groups excluding carboxylic acids is 4. The number of hydrogen-bond donors (Lipinski definition) is 3. The Balaban J connectivity index is 1.79. The lowest BCUT2D eigenvalue weighted by molar-refractivity contribution is -0.149. The largest absolute Gasteiger partial charge is 0.497 e. The van der Waals surface area contributed by atoms with Gasteiger partial charge in [0.15, 0.2) is 0 Å². The monoisotopic (exact) mass is 517 g/mol. The summed E-state index contributed by atoms with van der Waals surface area (Å²) >= 11 is 0. The Morgan fingerprint density at radius 3 is 2.30 bits per heavy atom. The summed E-state index contributed by atoms with van der Waals surface area (Å²) in [4.78, 5) is 55.5. The molecule has 3 rings (SSSR count). The highest BCUT2D eigenvalue weighted by Crippen LogP contribution is 2.21. The van der Waals surface area contributed by atoms with Crippen molar-refractivity contribution in [3.63, 3.8) is 0 Å². The van der Waals surface area contributed by atoms with Gasteiger partial charge < -0.3 is 35.2 Å². The van der Waals surface area contributed by atoms with E-state index in [4.69, 9.17) is 9.47 Å². The Hall–Kier alpha value is -3.34. The molecule has 0 bridgehead atoms. The second-order valence-corrected chi connectivity index (χ2v) is 9.76. The van der Waals surface area contributed by atoms with Gasteiger partial charge in [0.25, 0.3) is 0 Å². The standard InChI is InChI=1S/C26H39N5O6/c1-17(2)28-26(35)30-13-14-31(24(33)19-9-11-27-12-10-19)22(16-30)23(32)29-21(25(34)37-4)15-18-5-7-20(36-3)8-6-18/h5-8,17,19,21-22,27H,9-16H2,1-4H3,(H,28,35)(H,29,32). The number of piperidine rings is 1. The molecule has 0 aromatic heterocycles. The number of carbonyl (C=O) groups is 4. The third-order valence-electron chi connectivity index (χ3n) is 6.75. The van der Waals surface area contributed by atoms with E-state index in [1.165, 1.54) is 7.11 Å². The molecular formula is C26H39N5O6. The average molecular weight is 518 g/mol. The van der Waals surface area contributed by atoms with Gasteiger partial charge >= 0.3 is 12.0 Å². The Labute approximate surface area is 218 Å². The number of amides is 4. The van der Waals surface area contributed by atoms with Crippen LogP contribution in [0.25, 0.3) is 0 Å². The van der Waals surface area contributed by atoms with Crippen molar-refractivity contribution in [1.82, 2.24) is 25.8 Å². The number of nitrogens with zero attached hydrogens (tertiary/aromatic N) is 2. The first-order valence-electron chi connectivity index (χ1n) is 12.8. The molecule has 11 heteroatoms. The molecule has 0 radical (unpaired) electrons. The second-order valence-electron chi connectivity index (χ2n) is 9.76. The summed E-state index contributed by atoms with van der Waals surface area (Å²) in [5, 5.41) is 8.89. The molecule has 1 aromatic rings. The highest BCUT2D eigenvalue weighted by Gasteiger charge is 2.40. The summed E-state index contributed by atoms with van der Waals surface area (Å²) in [5.41, 5.74) is 0.806. The first-order valence-corrected chi connectivity index (χ1v) is 12.8. The van der Waals surface area contributed by atoms with Gasteiger partial charge in [0, 0.05) is 31.5 Å². The molecule has 2 aliphatic heterocycles. The van der Waals surface area contributed by atoms with E-state index in [2.05, 4.69) is 16.0 Å². The van der Waals surface area contributed by atoms with Crippen molar-refractivity contribution in [3.05, 3.63) is 29.8 Å². The minimum atomic E-state index is -0.957. The first-order chi connectivity index (χ1) is 17.7. The van der Waals surface area contributed by atoms with E-state index in [1.54, 1.807) is 29.0 Å². The first kappa shape index (κ1) is 28.2. The minimum absolute atomic E-state index is 0.0392. The van der Waals surface area contributed by atoms with E-state index in [0.29, 0.717) is 25.1 Å². The van der Waals surface area contributed by atoms with Crippen LogP contribution in [-0.2, 0) is 25.5 Å². The zero-order chi connectivity index (χ0) is 26.9. The van der Waals surface area contributed by atoms with Crippen LogP contribution in [0.4, 0.5) is 4.79 Å². The van der Waals surface area contributed by atoms with Crippen molar-refractivity contribution < 1.29 is 28.7 Å². The molecule has 2 heterocycles. The Kier molecular flexibility index (Phi) is 10.1. The van der Waals surface area contributed by atoms with Crippen LogP contribution in [0.1, 0.15) is 32.3 Å². The van der Waals surface area contributed by atoms with Gasteiger partial charge in [-0.25, -0.2) is 9.59 Å². The Morgan fingerprint density at radius 2 is 1.70 bits per heavy atom. The maximum atomic E-state index is 13.6. The van der Waals surface area contributed by atoms with Crippen molar-refractivity contribution in [2.24, 2.45) is 5.92 Å². The maximum Gasteiger partial charge on any atom is 0.328 e. The van der Waals surface area contributed by atoms with E-state index in [0.717, 1.165) is 18.7 Å². The molecule has 4 amide bonds. The molecule has 2 atom stereocenters. The van der Waals surface area contributed by atoms with Crippen LogP contribution >= 0.6 is 0 Å². The number of methoxy groups -OCH3 is 2. The van der Waals surface area contributed by atoms with Gasteiger partial charge in [-0.2, -0.15) is 0 Å². The van der Waals surface area contributed by atoms with Crippen molar-refractivity contribution >= 4 is 23.8 Å². The summed E-state index contributed by atoms with van der Waals surface area (Å²) in [6, 6.07) is 4.94. The molecular weight excluding hydrogens is 478 g/mol. The Morgan fingerprint density at radius 1 is 1.03 bits per heavy atom. The van der Waals surface area contributed by atoms with Crippen LogP contribution in [-0.4, -0.2) is 98.7 Å². The van der Waals surface area contributed by atoms with Crippen LogP contribution < -0.4 is 20.7 Å². The van der Waals surface area contributed by atoms with E-state index < -0.39 is 24.0 Å². The van der Waals surface area contributed by atoms with Gasteiger partial charge in [-0.1, -0.05) is 12.1 Å². The van der Waals surface area contributed by atoms with Gasteiger partial charge in [0.1, 0.15) is 17.8 Å². The average Bonchev–Trinajstić information content (AvgIpc) is 2.91. The lowest BCUT2D eigenvalue weighted by atomic mass is 9.95. The summed E-state index contributed by atoms with van der Waals surface area (Å²) in [6.45, 7) is 5.82. The topological polar surface area (TPSA) is 129 Å². The third kappa shape index (κ3) is 7.58. The number of ether oxygens (including phenoxy) is 2. The van der Waals surface area contributed by atoms with Crippen molar-refractivity contribution in [2.75, 3.05) is 46.9 Å². The highest BCUT2D eigenvalue weighted by molar-refractivity contribution is 5.92. The molecule has 2 aliphatic rings. The normalized spacial score (nSPS) is 19.2. The SMILES string of the molecule is COC(=O)C(Cc1ccc(OC)cc1)NC(=O)C1CN(C(=O)NC(C)C)CCN1C(=O)C1CCNCC1. The van der Waals surface area contributed by atoms with Crippen LogP contribution in [0.15, 0.2) is 24.3 Å². The second kappa shape index (κ2) is 13.3. The lowest BCUT2D eigenvalue weighted by Crippen LogP contribution is -2.65. The lowest BCUT2D eigenvalue weighted by Gasteiger charge is -2.42. The summed E-state index contributed by atoms with van der Waals surface area (Å²) in [7, 11) is 2.83. The van der Waals surface area contributed by atoms with Crippen molar-refractivity contribution in [2.45, 2.75) is 51.2 Å². The number of hydrogen-bond acceptors (Lipinski definition) is 7. The zero-order valence-corrected chi connectivity index (χ0v) is 22.1. The fraction of sp³-hybridized carbons (Fsp3) is 0.615. The van der Waals surface area contributed by atoms with Gasteiger partial charge in [0.05, 0.1) is 20.8 Å². The number of esters is 1. The summed E-state index contributed by atoms with van der Waals surface area (Å²) in [6.07, 6.45) is 1.60. The molecule has 2 unspecified atom stereocenters. The van der Waals surface area contributed by atoms with Crippen LogP contribution in [0.3, 0.4) is 0 Å². The Bertz CT molecular complexity index is 947. The molecule has 2 fully saturated rings. The number of piperazine rings is 1. The molecule has 0 spiro atoms. The fourth-order valence-corrected chi connectivity index (χ4v) is 4.70. The number of rotatable bonds is 8. The third-order valence-corrected chi connectivity index (χ3v) is 6.75. The van der Waals surface area contributed by atoms with E-state index in [1.807, 2.05) is 26.0 Å². The number of benzene rings is 1. The van der Waals surface area contributed by atoms with Gasteiger partial charge in [-0.15, -0.1) is 0 Å². The zero-order valence-electron chi connectivity index (χ0n) is 22.1. The van der Waals surface area contributed by atoms with Gasteiger partial charge in [0.2, 0.25) is 11.8 Å². The molecule has 37 heavy (non-hydrogen) atoms. The molecule has 204 valence electrons. The fourth-order valence-electron chi connectivity index (χ4n) is 4.70. The van der Waals surface area contributed by atoms with E-state index >= 15 is 0 Å². The van der Waals surface area contributed by atoms with Gasteiger partial charge in [-0.05, 0) is 57.5 Å². The smallest absolute Gasteiger partial charge is 0.328 e. The molecule has 2 saturated heterocycles. The van der Waals surface area contributed by atoms with Crippen molar-refractivity contribution in [1.29, 1.82) is 0 Å². The molecule has 0 aliphatic carbocycles. The number of urea groups is 1. The summed E-state index contributed by atoms with van der Waals surface area (Å²) < 4.78 is 10.1.